The number of hydrogen-bond acceptors (Lipinski definition) is 6. The molecule has 0 radical (unpaired) electrons. The number of pyridine rings is 1. The third kappa shape index (κ3) is 4.84. The summed E-state index contributed by atoms with van der Waals surface area (Å²) in [6.07, 6.45) is 6.28. The second-order valence-electron chi connectivity index (χ2n) is 6.95. The standard InChI is InChI=1S/C19H28N2O4S/c1-11(14-7-5-6-8-14)13(3)25-19(23)12(2)21-18(26)16-17(22)15(24-4)9-10-20-16/h9-14,22H,5-8H2,1-4H3,(H,21,26)/t11-,12-,13?/m0/s1. The number of ether oxygens (including phenoxy) is 2. The van der Waals surface area contributed by atoms with Crippen molar-refractivity contribution in [3.63, 3.8) is 0 Å². The summed E-state index contributed by atoms with van der Waals surface area (Å²) in [7, 11) is 1.45. The van der Waals surface area contributed by atoms with Gasteiger partial charge in [-0.2, -0.15) is 0 Å². The number of methoxy groups -OCH3 is 1. The lowest BCUT2D eigenvalue weighted by Gasteiger charge is -2.27. The highest BCUT2D eigenvalue weighted by Gasteiger charge is 2.29. The molecule has 7 heteroatoms. The molecule has 2 rings (SSSR count). The molecule has 1 fully saturated rings. The molecule has 1 aliphatic carbocycles. The molecule has 1 saturated carbocycles. The van der Waals surface area contributed by atoms with Gasteiger partial charge in [-0.25, -0.2) is 9.78 Å². The topological polar surface area (TPSA) is 80.7 Å². The molecule has 0 spiro atoms. The molecule has 6 nitrogen and oxygen atoms in total. The summed E-state index contributed by atoms with van der Waals surface area (Å²) in [5, 5.41) is 13.0. The van der Waals surface area contributed by atoms with E-state index >= 15 is 0 Å². The molecular weight excluding hydrogens is 352 g/mol. The second kappa shape index (κ2) is 9.16. The van der Waals surface area contributed by atoms with Crippen LogP contribution in [0.3, 0.4) is 0 Å². The van der Waals surface area contributed by atoms with Gasteiger partial charge in [0.2, 0.25) is 0 Å². The van der Waals surface area contributed by atoms with Crippen LogP contribution in [0.5, 0.6) is 11.5 Å². The summed E-state index contributed by atoms with van der Waals surface area (Å²) in [4.78, 5) is 16.6. The first kappa shape index (κ1) is 20.4. The van der Waals surface area contributed by atoms with Crippen molar-refractivity contribution in [2.45, 2.75) is 58.6 Å². The first-order chi connectivity index (χ1) is 12.3. The number of hydrogen-bond donors (Lipinski definition) is 2. The van der Waals surface area contributed by atoms with Gasteiger partial charge in [0.25, 0.3) is 0 Å². The molecule has 1 aromatic rings. The highest BCUT2D eigenvalue weighted by atomic mass is 32.1. The van der Waals surface area contributed by atoms with Crippen molar-refractivity contribution >= 4 is 23.2 Å². The van der Waals surface area contributed by atoms with Crippen molar-refractivity contribution in [3.05, 3.63) is 18.0 Å². The van der Waals surface area contributed by atoms with Gasteiger partial charge in [0.1, 0.15) is 22.8 Å². The molecule has 1 aromatic heterocycles. The van der Waals surface area contributed by atoms with Crippen molar-refractivity contribution in [3.8, 4) is 11.5 Å². The van der Waals surface area contributed by atoms with Gasteiger partial charge < -0.3 is 19.9 Å². The maximum Gasteiger partial charge on any atom is 0.328 e. The lowest BCUT2D eigenvalue weighted by Crippen LogP contribution is -2.41. The van der Waals surface area contributed by atoms with Crippen molar-refractivity contribution < 1.29 is 19.4 Å². The number of carbonyl (C=O) groups excluding carboxylic acids is 1. The van der Waals surface area contributed by atoms with E-state index < -0.39 is 6.04 Å². The SMILES string of the molecule is COc1ccnc(C(=S)N[C@@H](C)C(=O)OC(C)[C@H](C)C2CCCC2)c1O. The minimum atomic E-state index is -0.645. The van der Waals surface area contributed by atoms with Crippen LogP contribution in [0.2, 0.25) is 0 Å². The molecule has 1 aliphatic rings. The molecule has 0 aromatic carbocycles. The Kier molecular flexibility index (Phi) is 7.20. The smallest absolute Gasteiger partial charge is 0.328 e. The maximum atomic E-state index is 12.4. The minimum Gasteiger partial charge on any atom is -0.503 e. The van der Waals surface area contributed by atoms with Crippen LogP contribution in [-0.2, 0) is 9.53 Å². The fourth-order valence-electron chi connectivity index (χ4n) is 3.35. The summed E-state index contributed by atoms with van der Waals surface area (Å²) in [5.41, 5.74) is 0.173. The number of thiocarbonyl (C=S) groups is 1. The number of aromatic nitrogens is 1. The molecule has 0 aliphatic heterocycles. The number of carbonyl (C=O) groups is 1. The van der Waals surface area contributed by atoms with E-state index in [9.17, 15) is 9.90 Å². The molecule has 26 heavy (non-hydrogen) atoms. The minimum absolute atomic E-state index is 0.147. The van der Waals surface area contributed by atoms with E-state index in [0.717, 1.165) is 0 Å². The van der Waals surface area contributed by atoms with Gasteiger partial charge in [0.15, 0.2) is 11.5 Å². The monoisotopic (exact) mass is 380 g/mol. The molecule has 3 atom stereocenters. The van der Waals surface area contributed by atoms with Gasteiger partial charge in [0.05, 0.1) is 7.11 Å². The van der Waals surface area contributed by atoms with Crippen molar-refractivity contribution in [1.29, 1.82) is 0 Å². The first-order valence-corrected chi connectivity index (χ1v) is 9.49. The summed E-state index contributed by atoms with van der Waals surface area (Å²) < 4.78 is 10.7. The summed E-state index contributed by atoms with van der Waals surface area (Å²) >= 11 is 5.27. The Morgan fingerprint density at radius 1 is 1.35 bits per heavy atom. The van der Waals surface area contributed by atoms with Crippen LogP contribution in [0.1, 0.15) is 52.1 Å². The molecule has 0 bridgehead atoms. The molecule has 0 saturated heterocycles. The number of nitrogens with one attached hydrogen (secondary N) is 1. The number of rotatable bonds is 7. The normalized spacial score (nSPS) is 18.0. The van der Waals surface area contributed by atoms with Crippen LogP contribution in [0.25, 0.3) is 0 Å². The van der Waals surface area contributed by atoms with E-state index in [-0.39, 0.29) is 34.3 Å². The number of nitrogens with zero attached hydrogens (tertiary/aromatic N) is 1. The largest absolute Gasteiger partial charge is 0.503 e. The predicted octanol–water partition coefficient (Wildman–Crippen LogP) is 3.21. The van der Waals surface area contributed by atoms with Crippen LogP contribution in [0.15, 0.2) is 12.3 Å². The molecular formula is C19H28N2O4S. The quantitative estimate of drug-likeness (QED) is 0.555. The van der Waals surface area contributed by atoms with Crippen LogP contribution in [-0.4, -0.2) is 40.3 Å². The van der Waals surface area contributed by atoms with Gasteiger partial charge in [-0.3, -0.25) is 0 Å². The third-order valence-electron chi connectivity index (χ3n) is 5.21. The van der Waals surface area contributed by atoms with Crippen LogP contribution in [0, 0.1) is 11.8 Å². The lowest BCUT2D eigenvalue weighted by atomic mass is 9.88. The fourth-order valence-corrected chi connectivity index (χ4v) is 3.68. The summed E-state index contributed by atoms with van der Waals surface area (Å²) in [6, 6.07) is 0.888. The number of aromatic hydroxyl groups is 1. The zero-order valence-electron chi connectivity index (χ0n) is 15.8. The van der Waals surface area contributed by atoms with Crippen molar-refractivity contribution in [2.75, 3.05) is 7.11 Å². The Hall–Kier alpha value is -1.89. The van der Waals surface area contributed by atoms with Crippen molar-refractivity contribution in [1.82, 2.24) is 10.3 Å². The summed E-state index contributed by atoms with van der Waals surface area (Å²) in [5.74, 6) is 0.710. The predicted molar refractivity (Wildman–Crippen MR) is 103 cm³/mol. The van der Waals surface area contributed by atoms with Gasteiger partial charge >= 0.3 is 5.97 Å². The fraction of sp³-hybridized carbons (Fsp3) is 0.632. The Bertz CT molecular complexity index is 646. The van der Waals surface area contributed by atoms with Crippen LogP contribution in [0.4, 0.5) is 0 Å². The molecule has 1 heterocycles. The number of esters is 1. The van der Waals surface area contributed by atoms with E-state index in [4.69, 9.17) is 21.7 Å². The second-order valence-corrected chi connectivity index (χ2v) is 7.36. The first-order valence-electron chi connectivity index (χ1n) is 9.08. The zero-order valence-corrected chi connectivity index (χ0v) is 16.6. The highest BCUT2D eigenvalue weighted by molar-refractivity contribution is 7.80. The summed E-state index contributed by atoms with van der Waals surface area (Å²) in [6.45, 7) is 5.77. The zero-order chi connectivity index (χ0) is 19.3. The van der Waals surface area contributed by atoms with E-state index in [1.165, 1.54) is 45.1 Å². The third-order valence-corrected chi connectivity index (χ3v) is 5.52. The van der Waals surface area contributed by atoms with Crippen LogP contribution < -0.4 is 10.1 Å². The Morgan fingerprint density at radius 2 is 2.00 bits per heavy atom. The molecule has 2 N–H and O–H groups in total. The Morgan fingerprint density at radius 3 is 2.62 bits per heavy atom. The van der Waals surface area contributed by atoms with Gasteiger partial charge in [0, 0.05) is 12.3 Å². The average molecular weight is 381 g/mol. The van der Waals surface area contributed by atoms with Crippen molar-refractivity contribution in [2.24, 2.45) is 11.8 Å². The average Bonchev–Trinajstić information content (AvgIpc) is 3.15. The van der Waals surface area contributed by atoms with Crippen LogP contribution >= 0.6 is 12.2 Å². The van der Waals surface area contributed by atoms with Gasteiger partial charge in [-0.1, -0.05) is 44.8 Å². The molecule has 1 unspecified atom stereocenters. The Labute approximate surface area is 160 Å². The lowest BCUT2D eigenvalue weighted by molar-refractivity contribution is -0.153. The molecule has 0 amide bonds. The maximum absolute atomic E-state index is 12.4. The highest BCUT2D eigenvalue weighted by Crippen LogP contribution is 2.33. The molecule has 144 valence electrons. The van der Waals surface area contributed by atoms with E-state index in [0.29, 0.717) is 11.8 Å². The van der Waals surface area contributed by atoms with E-state index in [1.807, 2.05) is 6.92 Å². The van der Waals surface area contributed by atoms with E-state index in [1.54, 1.807) is 6.92 Å². The van der Waals surface area contributed by atoms with Gasteiger partial charge in [-0.05, 0) is 25.7 Å². The van der Waals surface area contributed by atoms with Gasteiger partial charge in [-0.15, -0.1) is 0 Å². The Balaban J connectivity index is 1.93. The van der Waals surface area contributed by atoms with E-state index in [2.05, 4.69) is 17.2 Å².